The van der Waals surface area contributed by atoms with Gasteiger partial charge >= 0.3 is 0 Å². The Morgan fingerprint density at radius 3 is 1.40 bits per heavy atom. The van der Waals surface area contributed by atoms with Crippen LogP contribution in [-0.2, 0) is 0 Å². The molecule has 0 fully saturated rings. The molecule has 73 heavy (non-hydrogen) atoms. The predicted molar refractivity (Wildman–Crippen MR) is 307 cm³/mol. The lowest BCUT2D eigenvalue weighted by Gasteiger charge is -2.28. The van der Waals surface area contributed by atoms with Gasteiger partial charge in [-0.2, -0.15) is 0 Å². The van der Waals surface area contributed by atoms with Crippen molar-refractivity contribution in [2.24, 2.45) is 0 Å². The van der Waals surface area contributed by atoms with Gasteiger partial charge in [-0.1, -0.05) is 176 Å². The smallest absolute Gasteiger partial charge is 0.135 e. The van der Waals surface area contributed by atoms with Crippen LogP contribution in [0, 0.1) is 20.8 Å². The maximum atomic E-state index is 6.95. The van der Waals surface area contributed by atoms with Gasteiger partial charge in [0, 0.05) is 43.9 Å². The van der Waals surface area contributed by atoms with Crippen LogP contribution >= 0.6 is 0 Å². The van der Waals surface area contributed by atoms with Crippen molar-refractivity contribution >= 4 is 65.6 Å². The number of aryl methyl sites for hydroxylation is 3. The number of aromatic nitrogens is 2. The third-order valence-electron chi connectivity index (χ3n) is 15.5. The van der Waals surface area contributed by atoms with Gasteiger partial charge in [-0.25, -0.2) is 0 Å². The number of para-hydroxylation sites is 3. The van der Waals surface area contributed by atoms with Gasteiger partial charge in [-0.15, -0.1) is 0 Å². The van der Waals surface area contributed by atoms with Gasteiger partial charge in [0.05, 0.1) is 27.8 Å². The average molecular weight is 935 g/mol. The van der Waals surface area contributed by atoms with Crippen LogP contribution in [-0.4, -0.2) is 9.13 Å². The van der Waals surface area contributed by atoms with Crippen LogP contribution in [0.25, 0.3) is 110 Å². The van der Waals surface area contributed by atoms with E-state index in [1.807, 2.05) is 0 Å². The van der Waals surface area contributed by atoms with Crippen LogP contribution in [0.2, 0.25) is 0 Å². The summed E-state index contributed by atoms with van der Waals surface area (Å²) in [4.78, 5) is 0. The van der Waals surface area contributed by atoms with Gasteiger partial charge in [-0.05, 0) is 154 Å². The molecule has 3 heterocycles. The minimum absolute atomic E-state index is 0.244. The van der Waals surface area contributed by atoms with E-state index in [4.69, 9.17) is 4.42 Å². The Labute approximate surface area is 424 Å². The van der Waals surface area contributed by atoms with Crippen molar-refractivity contribution in [3.8, 4) is 44.8 Å². The first-order chi connectivity index (χ1) is 36.0. The highest BCUT2D eigenvalue weighted by atomic mass is 16.3. The van der Waals surface area contributed by atoms with E-state index in [1.54, 1.807) is 0 Å². The van der Waals surface area contributed by atoms with Gasteiger partial charge in [0.25, 0.3) is 0 Å². The van der Waals surface area contributed by atoms with Gasteiger partial charge in [0.15, 0.2) is 0 Å². The summed E-state index contributed by atoms with van der Waals surface area (Å²) >= 11 is 0. The molecule has 14 aromatic rings. The molecule has 0 aliphatic carbocycles. The standard InChI is InChI=1S/C70H50N2O/c1-44-20-7-9-25-50(44)52-27-11-13-31-56(52)68(57-32-14-12-28-53(57)51-26-10-8-21-45(51)2)69-64(40-41-66-70(69)67-46(3)22-19-35-65(67)73-66)72-61-34-18-16-30-55(61)59-43-48(37-39-63(59)72)47-36-38-62-58(42-47)54-29-15-17-33-60(54)71(62)49-23-5-4-6-24-49/h4-43,68H,1-3H3. The highest BCUT2D eigenvalue weighted by Crippen LogP contribution is 2.50. The Hall–Kier alpha value is -9.18. The van der Waals surface area contributed by atoms with Crippen molar-refractivity contribution in [1.29, 1.82) is 0 Å². The Bertz CT molecular complexity index is 4400. The van der Waals surface area contributed by atoms with Gasteiger partial charge < -0.3 is 13.6 Å². The molecule has 3 aromatic heterocycles. The minimum Gasteiger partial charge on any atom is -0.456 e. The monoisotopic (exact) mass is 934 g/mol. The summed E-state index contributed by atoms with van der Waals surface area (Å²) in [6, 6.07) is 89.3. The second-order valence-corrected chi connectivity index (χ2v) is 19.7. The SMILES string of the molecule is Cc1ccccc1-c1ccccc1C(c1ccccc1-c1ccccc1C)c1c(-n2c3ccccc3c3cc(-c4ccc5c(c4)c4ccccc4n5-c4ccccc4)ccc32)ccc2oc3cccc(C)c3c12. The average Bonchev–Trinajstić information content (AvgIpc) is 4.10. The molecule has 0 spiro atoms. The molecule has 346 valence electrons. The first-order valence-corrected chi connectivity index (χ1v) is 25.4. The van der Waals surface area contributed by atoms with Gasteiger partial charge in [-0.3, -0.25) is 0 Å². The maximum absolute atomic E-state index is 6.95. The van der Waals surface area contributed by atoms with Crippen LogP contribution in [0.5, 0.6) is 0 Å². The van der Waals surface area contributed by atoms with Crippen LogP contribution in [0.3, 0.4) is 0 Å². The lowest BCUT2D eigenvalue weighted by molar-refractivity contribution is 0.668. The highest BCUT2D eigenvalue weighted by Gasteiger charge is 2.32. The van der Waals surface area contributed by atoms with E-state index in [2.05, 4.69) is 273 Å². The largest absolute Gasteiger partial charge is 0.456 e. The molecule has 0 N–H and O–H groups in total. The zero-order valence-corrected chi connectivity index (χ0v) is 41.0. The predicted octanol–water partition coefficient (Wildman–Crippen LogP) is 18.9. The molecule has 0 aliphatic rings. The molecule has 3 heteroatoms. The second-order valence-electron chi connectivity index (χ2n) is 19.7. The molecule has 14 rings (SSSR count). The number of benzene rings is 11. The normalized spacial score (nSPS) is 11.9. The quantitative estimate of drug-likeness (QED) is 0.139. The summed E-state index contributed by atoms with van der Waals surface area (Å²) < 4.78 is 11.9. The summed E-state index contributed by atoms with van der Waals surface area (Å²) in [5.41, 5.74) is 23.3. The fourth-order valence-electron chi connectivity index (χ4n) is 12.2. The molecule has 0 saturated heterocycles. The fourth-order valence-corrected chi connectivity index (χ4v) is 12.2. The van der Waals surface area contributed by atoms with Crippen LogP contribution in [0.15, 0.2) is 247 Å². The number of fused-ring (bicyclic) bond motifs is 9. The highest BCUT2D eigenvalue weighted by molar-refractivity contribution is 6.15. The summed E-state index contributed by atoms with van der Waals surface area (Å²) in [5.74, 6) is -0.244. The topological polar surface area (TPSA) is 23.0 Å². The van der Waals surface area contributed by atoms with E-state index in [0.29, 0.717) is 0 Å². The van der Waals surface area contributed by atoms with E-state index in [1.165, 1.54) is 99.3 Å². The molecule has 3 nitrogen and oxygen atoms in total. The van der Waals surface area contributed by atoms with E-state index in [9.17, 15) is 0 Å². The number of hydrogen-bond acceptors (Lipinski definition) is 1. The Morgan fingerprint density at radius 2 is 0.795 bits per heavy atom. The lowest BCUT2D eigenvalue weighted by atomic mass is 9.76. The summed E-state index contributed by atoms with van der Waals surface area (Å²) in [6.07, 6.45) is 0. The first-order valence-electron chi connectivity index (χ1n) is 25.4. The molecule has 0 bridgehead atoms. The van der Waals surface area contributed by atoms with E-state index in [-0.39, 0.29) is 5.92 Å². The first kappa shape index (κ1) is 42.7. The maximum Gasteiger partial charge on any atom is 0.135 e. The van der Waals surface area contributed by atoms with Crippen LogP contribution in [0.1, 0.15) is 39.3 Å². The van der Waals surface area contributed by atoms with Crippen molar-refractivity contribution in [1.82, 2.24) is 9.13 Å². The molecule has 0 aliphatic heterocycles. The van der Waals surface area contributed by atoms with Crippen molar-refractivity contribution in [2.45, 2.75) is 26.7 Å². The number of nitrogens with zero attached hydrogens (tertiary/aromatic N) is 2. The Balaban J connectivity index is 1.07. The molecule has 11 aromatic carbocycles. The summed E-state index contributed by atoms with van der Waals surface area (Å²) in [7, 11) is 0. The van der Waals surface area contributed by atoms with Crippen molar-refractivity contribution in [3.63, 3.8) is 0 Å². The van der Waals surface area contributed by atoms with E-state index < -0.39 is 0 Å². The molecular weight excluding hydrogens is 885 g/mol. The number of rotatable bonds is 8. The second kappa shape index (κ2) is 17.0. The number of hydrogen-bond donors (Lipinski definition) is 0. The van der Waals surface area contributed by atoms with Gasteiger partial charge in [0.2, 0.25) is 0 Å². The Kier molecular flexibility index (Phi) is 9.94. The van der Waals surface area contributed by atoms with Crippen LogP contribution in [0.4, 0.5) is 0 Å². The van der Waals surface area contributed by atoms with Crippen molar-refractivity contribution in [3.05, 3.63) is 276 Å². The number of furan rings is 1. The zero-order chi connectivity index (χ0) is 48.7. The fraction of sp³-hybridized carbons (Fsp3) is 0.0571. The lowest BCUT2D eigenvalue weighted by Crippen LogP contribution is -2.12. The Morgan fingerprint density at radius 1 is 0.329 bits per heavy atom. The minimum atomic E-state index is -0.244. The van der Waals surface area contributed by atoms with E-state index in [0.717, 1.165) is 44.3 Å². The molecule has 0 amide bonds. The molecular formula is C70H50N2O. The van der Waals surface area contributed by atoms with E-state index >= 15 is 0 Å². The third kappa shape index (κ3) is 6.73. The molecule has 0 atom stereocenters. The molecule has 0 unspecified atom stereocenters. The zero-order valence-electron chi connectivity index (χ0n) is 41.0. The molecule has 0 saturated carbocycles. The van der Waals surface area contributed by atoms with Crippen LogP contribution < -0.4 is 0 Å². The van der Waals surface area contributed by atoms with Crippen molar-refractivity contribution < 1.29 is 4.42 Å². The summed E-state index contributed by atoms with van der Waals surface area (Å²) in [5, 5.41) is 7.18. The molecule has 0 radical (unpaired) electrons. The summed E-state index contributed by atoms with van der Waals surface area (Å²) in [6.45, 7) is 6.69. The third-order valence-corrected chi connectivity index (χ3v) is 15.5. The van der Waals surface area contributed by atoms with Gasteiger partial charge in [0.1, 0.15) is 11.2 Å². The van der Waals surface area contributed by atoms with Crippen molar-refractivity contribution in [2.75, 3.05) is 0 Å².